The van der Waals surface area contributed by atoms with Crippen molar-refractivity contribution in [3.8, 4) is 0 Å². The number of nitrogens with zero attached hydrogens (tertiary/aromatic N) is 1. The molecule has 2 N–H and O–H groups in total. The largest absolute Gasteiger partial charge is 0.372 e. The first-order valence-electron chi connectivity index (χ1n) is 6.60. The Morgan fingerprint density at radius 3 is 2.22 bits per heavy atom. The zero-order valence-electron chi connectivity index (χ0n) is 11.9. The van der Waals surface area contributed by atoms with Crippen LogP contribution in [0.5, 0.6) is 0 Å². The van der Waals surface area contributed by atoms with Crippen molar-refractivity contribution in [3.63, 3.8) is 0 Å². The van der Waals surface area contributed by atoms with Crippen LogP contribution in [0.15, 0.2) is 24.3 Å². The lowest BCUT2D eigenvalue weighted by molar-refractivity contribution is 0.307. The van der Waals surface area contributed by atoms with Gasteiger partial charge in [0.1, 0.15) is 5.82 Å². The molecule has 0 saturated heterocycles. The van der Waals surface area contributed by atoms with Gasteiger partial charge in [0.15, 0.2) is 0 Å². The number of hydrogen-bond donors (Lipinski definition) is 1. The van der Waals surface area contributed by atoms with Gasteiger partial charge in [-0.1, -0.05) is 20.8 Å². The summed E-state index contributed by atoms with van der Waals surface area (Å²) in [6.07, 6.45) is 0.939. The molecule has 18 heavy (non-hydrogen) atoms. The predicted molar refractivity (Wildman–Crippen MR) is 76.3 cm³/mol. The summed E-state index contributed by atoms with van der Waals surface area (Å²) in [6, 6.07) is 6.82. The van der Waals surface area contributed by atoms with E-state index in [4.69, 9.17) is 5.73 Å². The van der Waals surface area contributed by atoms with Crippen molar-refractivity contribution in [1.29, 1.82) is 0 Å². The summed E-state index contributed by atoms with van der Waals surface area (Å²) >= 11 is 0. The van der Waals surface area contributed by atoms with Crippen LogP contribution in [-0.4, -0.2) is 19.1 Å². The van der Waals surface area contributed by atoms with Gasteiger partial charge < -0.3 is 10.6 Å². The van der Waals surface area contributed by atoms with E-state index < -0.39 is 0 Å². The summed E-state index contributed by atoms with van der Waals surface area (Å²) in [5.74, 6) is -0.193. The van der Waals surface area contributed by atoms with E-state index in [1.807, 2.05) is 12.1 Å². The van der Waals surface area contributed by atoms with Gasteiger partial charge in [-0.15, -0.1) is 0 Å². The molecule has 102 valence electrons. The summed E-state index contributed by atoms with van der Waals surface area (Å²) in [7, 11) is 0. The first-order valence-corrected chi connectivity index (χ1v) is 6.60. The van der Waals surface area contributed by atoms with Crippen LogP contribution in [-0.2, 0) is 0 Å². The molecule has 2 nitrogen and oxygen atoms in total. The van der Waals surface area contributed by atoms with E-state index in [-0.39, 0.29) is 17.3 Å². The Bertz CT molecular complexity index is 354. The summed E-state index contributed by atoms with van der Waals surface area (Å²) in [4.78, 5) is 2.23. The monoisotopic (exact) mass is 252 g/mol. The van der Waals surface area contributed by atoms with E-state index in [1.165, 1.54) is 12.1 Å². The highest BCUT2D eigenvalue weighted by Crippen LogP contribution is 2.21. The Hall–Kier alpha value is -1.09. The molecule has 0 heterocycles. The Morgan fingerprint density at radius 1 is 1.22 bits per heavy atom. The highest BCUT2D eigenvalue weighted by atomic mass is 19.1. The van der Waals surface area contributed by atoms with Gasteiger partial charge in [0.25, 0.3) is 0 Å². The van der Waals surface area contributed by atoms with Crippen molar-refractivity contribution in [2.24, 2.45) is 11.1 Å². The van der Waals surface area contributed by atoms with Gasteiger partial charge in [-0.2, -0.15) is 0 Å². The third kappa shape index (κ3) is 4.30. The standard InChI is InChI=1S/C15H25FN2/c1-5-18(11-10-14(17)15(2,3)4)13-8-6-12(16)7-9-13/h6-9,14H,5,10-11,17H2,1-4H3. The van der Waals surface area contributed by atoms with Gasteiger partial charge in [0.2, 0.25) is 0 Å². The van der Waals surface area contributed by atoms with Crippen LogP contribution in [0.4, 0.5) is 10.1 Å². The molecule has 0 aromatic heterocycles. The Labute approximate surface area is 110 Å². The lowest BCUT2D eigenvalue weighted by atomic mass is 9.85. The molecule has 1 rings (SSSR count). The van der Waals surface area contributed by atoms with Gasteiger partial charge >= 0.3 is 0 Å². The van der Waals surface area contributed by atoms with Crippen LogP contribution in [0, 0.1) is 11.2 Å². The fourth-order valence-corrected chi connectivity index (χ4v) is 1.85. The molecule has 1 aromatic carbocycles. The first-order chi connectivity index (χ1) is 8.34. The van der Waals surface area contributed by atoms with Crippen LogP contribution < -0.4 is 10.6 Å². The number of benzene rings is 1. The number of halogens is 1. The van der Waals surface area contributed by atoms with E-state index in [2.05, 4.69) is 32.6 Å². The van der Waals surface area contributed by atoms with Gasteiger partial charge in [0.05, 0.1) is 0 Å². The van der Waals surface area contributed by atoms with Gasteiger partial charge in [-0.05, 0) is 43.0 Å². The maximum atomic E-state index is 12.9. The van der Waals surface area contributed by atoms with Crippen molar-refractivity contribution in [2.45, 2.75) is 40.2 Å². The van der Waals surface area contributed by atoms with Crippen molar-refractivity contribution in [1.82, 2.24) is 0 Å². The maximum Gasteiger partial charge on any atom is 0.123 e. The molecule has 0 saturated carbocycles. The second kappa shape index (κ2) is 6.19. The quantitative estimate of drug-likeness (QED) is 0.870. The summed E-state index contributed by atoms with van der Waals surface area (Å²) < 4.78 is 12.9. The minimum atomic E-state index is -0.193. The van der Waals surface area contributed by atoms with E-state index in [0.29, 0.717) is 0 Å². The van der Waals surface area contributed by atoms with Crippen LogP contribution >= 0.6 is 0 Å². The average Bonchev–Trinajstić information content (AvgIpc) is 2.30. The second-order valence-electron chi connectivity index (χ2n) is 5.82. The van der Waals surface area contributed by atoms with Crippen LogP contribution in [0.25, 0.3) is 0 Å². The van der Waals surface area contributed by atoms with Crippen LogP contribution in [0.2, 0.25) is 0 Å². The number of nitrogens with two attached hydrogens (primary N) is 1. The first kappa shape index (κ1) is 15.0. The molecular weight excluding hydrogens is 227 g/mol. The molecule has 1 atom stereocenters. The number of hydrogen-bond acceptors (Lipinski definition) is 2. The molecule has 0 amide bonds. The zero-order valence-corrected chi connectivity index (χ0v) is 11.9. The van der Waals surface area contributed by atoms with E-state index in [9.17, 15) is 4.39 Å². The van der Waals surface area contributed by atoms with Crippen molar-refractivity contribution in [2.75, 3.05) is 18.0 Å². The van der Waals surface area contributed by atoms with Crippen molar-refractivity contribution < 1.29 is 4.39 Å². The SMILES string of the molecule is CCN(CCC(N)C(C)(C)C)c1ccc(F)cc1. The minimum absolute atomic E-state index is 0.127. The Morgan fingerprint density at radius 2 is 1.78 bits per heavy atom. The molecule has 0 fully saturated rings. The summed E-state index contributed by atoms with van der Waals surface area (Å²) in [6.45, 7) is 10.4. The van der Waals surface area contributed by atoms with E-state index in [1.54, 1.807) is 0 Å². The third-order valence-corrected chi connectivity index (χ3v) is 3.40. The molecule has 0 aliphatic rings. The lowest BCUT2D eigenvalue weighted by Crippen LogP contribution is -2.38. The highest BCUT2D eigenvalue weighted by Gasteiger charge is 2.20. The van der Waals surface area contributed by atoms with Gasteiger partial charge in [-0.3, -0.25) is 0 Å². The Kier molecular flexibility index (Phi) is 5.15. The predicted octanol–water partition coefficient (Wildman–Crippen LogP) is 3.42. The van der Waals surface area contributed by atoms with Crippen LogP contribution in [0.3, 0.4) is 0 Å². The molecule has 0 bridgehead atoms. The fraction of sp³-hybridized carbons (Fsp3) is 0.600. The van der Waals surface area contributed by atoms with E-state index >= 15 is 0 Å². The fourth-order valence-electron chi connectivity index (χ4n) is 1.85. The molecule has 1 unspecified atom stereocenters. The maximum absolute atomic E-state index is 12.9. The molecular formula is C15H25FN2. The van der Waals surface area contributed by atoms with E-state index in [0.717, 1.165) is 25.2 Å². The molecule has 0 radical (unpaired) electrons. The normalized spacial score (nSPS) is 13.4. The number of anilines is 1. The van der Waals surface area contributed by atoms with Crippen molar-refractivity contribution >= 4 is 5.69 Å². The van der Waals surface area contributed by atoms with Crippen LogP contribution in [0.1, 0.15) is 34.1 Å². The third-order valence-electron chi connectivity index (χ3n) is 3.40. The smallest absolute Gasteiger partial charge is 0.123 e. The van der Waals surface area contributed by atoms with Gasteiger partial charge in [0, 0.05) is 24.8 Å². The highest BCUT2D eigenvalue weighted by molar-refractivity contribution is 5.46. The summed E-state index contributed by atoms with van der Waals surface area (Å²) in [5, 5.41) is 0. The minimum Gasteiger partial charge on any atom is -0.372 e. The van der Waals surface area contributed by atoms with Gasteiger partial charge in [-0.25, -0.2) is 4.39 Å². The summed E-state index contributed by atoms with van der Waals surface area (Å²) in [5.41, 5.74) is 7.35. The number of rotatable bonds is 5. The second-order valence-corrected chi connectivity index (χ2v) is 5.82. The molecule has 0 aliphatic heterocycles. The molecule has 3 heteroatoms. The van der Waals surface area contributed by atoms with Crippen molar-refractivity contribution in [3.05, 3.63) is 30.1 Å². The molecule has 0 spiro atoms. The zero-order chi connectivity index (χ0) is 13.8. The average molecular weight is 252 g/mol. The Balaban J connectivity index is 2.60. The topological polar surface area (TPSA) is 29.3 Å². The molecule has 0 aliphatic carbocycles. The molecule has 1 aromatic rings. The lowest BCUT2D eigenvalue weighted by Gasteiger charge is -2.30.